The largest absolute Gasteiger partial charge is 0.493 e. The van der Waals surface area contributed by atoms with Crippen LogP contribution in [-0.4, -0.2) is 45.0 Å². The van der Waals surface area contributed by atoms with Crippen molar-refractivity contribution in [3.63, 3.8) is 0 Å². The summed E-state index contributed by atoms with van der Waals surface area (Å²) in [6.45, 7) is 0.275. The average Bonchev–Trinajstić information content (AvgIpc) is 2.42. The van der Waals surface area contributed by atoms with Gasteiger partial charge in [0.15, 0.2) is 17.6 Å². The lowest BCUT2D eigenvalue weighted by atomic mass is 10.1. The van der Waals surface area contributed by atoms with E-state index in [1.165, 1.54) is 26.2 Å². The second-order valence-electron chi connectivity index (χ2n) is 3.85. The number of nitrogens with zero attached hydrogens (tertiary/aromatic N) is 1. The minimum atomic E-state index is -0.913. The van der Waals surface area contributed by atoms with Crippen LogP contribution in [0.1, 0.15) is 0 Å². The van der Waals surface area contributed by atoms with Crippen LogP contribution < -0.4 is 19.1 Å². The van der Waals surface area contributed by atoms with E-state index in [4.69, 9.17) is 14.2 Å². The zero-order valence-corrected chi connectivity index (χ0v) is 10.5. The second kappa shape index (κ2) is 4.73. The summed E-state index contributed by atoms with van der Waals surface area (Å²) in [5, 5.41) is 9.22. The molecule has 6 nitrogen and oxygen atoms in total. The Hall–Kier alpha value is -1.95. The maximum atomic E-state index is 11.5. The second-order valence-corrected chi connectivity index (χ2v) is 3.85. The fourth-order valence-electron chi connectivity index (χ4n) is 1.86. The smallest absolute Gasteiger partial charge is 0.257 e. The van der Waals surface area contributed by atoms with E-state index in [0.29, 0.717) is 22.9 Å². The molecule has 1 heterocycles. The van der Waals surface area contributed by atoms with Crippen molar-refractivity contribution in [1.29, 1.82) is 0 Å². The molecule has 0 spiro atoms. The summed E-state index contributed by atoms with van der Waals surface area (Å²) in [7, 11) is 4.53. The summed E-state index contributed by atoms with van der Waals surface area (Å²) < 4.78 is 15.6. The lowest BCUT2D eigenvalue weighted by Crippen LogP contribution is -2.56. The summed E-state index contributed by atoms with van der Waals surface area (Å²) >= 11 is 0. The highest BCUT2D eigenvalue weighted by atomic mass is 16.5. The molecule has 0 radical (unpaired) electrons. The molecule has 1 saturated heterocycles. The van der Waals surface area contributed by atoms with Crippen molar-refractivity contribution in [2.45, 2.75) is 6.10 Å². The number of β-amino-alcohol motifs (C(OH)–C–C–N with tert-alkyl or cyclic N) is 1. The number of carbonyl (C=O) groups is 1. The highest BCUT2D eigenvalue weighted by Gasteiger charge is 2.36. The molecule has 0 aliphatic carbocycles. The Morgan fingerprint density at radius 3 is 2.06 bits per heavy atom. The van der Waals surface area contributed by atoms with Crippen molar-refractivity contribution in [3.05, 3.63) is 12.1 Å². The molecule has 1 unspecified atom stereocenters. The van der Waals surface area contributed by atoms with E-state index in [-0.39, 0.29) is 12.5 Å². The predicted octanol–water partition coefficient (Wildman–Crippen LogP) is 0.420. The number of carbonyl (C=O) groups excluding carboxylic acids is 1. The van der Waals surface area contributed by atoms with E-state index in [2.05, 4.69) is 0 Å². The van der Waals surface area contributed by atoms with Gasteiger partial charge in [0, 0.05) is 12.1 Å². The number of β-lactam (4-membered cyclic amide) rings is 1. The van der Waals surface area contributed by atoms with E-state index in [1.807, 2.05) is 0 Å². The fourth-order valence-corrected chi connectivity index (χ4v) is 1.86. The molecule has 6 heteroatoms. The molecular formula is C12H15NO5. The van der Waals surface area contributed by atoms with Crippen LogP contribution in [0.3, 0.4) is 0 Å². The molecule has 1 aliphatic rings. The van der Waals surface area contributed by atoms with Gasteiger partial charge in [-0.1, -0.05) is 0 Å². The van der Waals surface area contributed by atoms with Gasteiger partial charge in [0.1, 0.15) is 0 Å². The number of hydrogen-bond acceptors (Lipinski definition) is 5. The molecule has 1 fully saturated rings. The number of methoxy groups -OCH3 is 3. The van der Waals surface area contributed by atoms with Crippen LogP contribution in [-0.2, 0) is 4.79 Å². The topological polar surface area (TPSA) is 68.2 Å². The van der Waals surface area contributed by atoms with Crippen molar-refractivity contribution >= 4 is 11.6 Å². The quantitative estimate of drug-likeness (QED) is 0.788. The first-order valence-electron chi connectivity index (χ1n) is 5.41. The van der Waals surface area contributed by atoms with E-state index in [9.17, 15) is 9.90 Å². The minimum absolute atomic E-state index is 0.275. The fraction of sp³-hybridized carbons (Fsp3) is 0.417. The number of ether oxygens (including phenoxy) is 3. The first-order chi connectivity index (χ1) is 8.62. The summed E-state index contributed by atoms with van der Waals surface area (Å²) in [6, 6.07) is 3.34. The number of benzene rings is 1. The van der Waals surface area contributed by atoms with E-state index < -0.39 is 6.10 Å². The van der Waals surface area contributed by atoms with Gasteiger partial charge in [-0.05, 0) is 0 Å². The predicted molar refractivity (Wildman–Crippen MR) is 64.5 cm³/mol. The maximum absolute atomic E-state index is 11.5. The molecule has 0 aromatic heterocycles. The number of aliphatic hydroxyl groups excluding tert-OH is 1. The first kappa shape index (κ1) is 12.5. The van der Waals surface area contributed by atoms with Gasteiger partial charge < -0.3 is 24.2 Å². The van der Waals surface area contributed by atoms with Gasteiger partial charge in [0.2, 0.25) is 5.75 Å². The van der Waals surface area contributed by atoms with E-state index in [1.54, 1.807) is 12.1 Å². The molecule has 98 valence electrons. The van der Waals surface area contributed by atoms with Gasteiger partial charge in [-0.25, -0.2) is 0 Å². The third-order valence-corrected chi connectivity index (χ3v) is 2.87. The van der Waals surface area contributed by atoms with Gasteiger partial charge in [-0.3, -0.25) is 4.79 Å². The van der Waals surface area contributed by atoms with Crippen LogP contribution in [0.5, 0.6) is 17.2 Å². The van der Waals surface area contributed by atoms with E-state index in [0.717, 1.165) is 0 Å². The van der Waals surface area contributed by atoms with Crippen molar-refractivity contribution < 1.29 is 24.1 Å². The zero-order chi connectivity index (χ0) is 13.3. The Morgan fingerprint density at radius 1 is 1.17 bits per heavy atom. The Morgan fingerprint density at radius 2 is 1.72 bits per heavy atom. The van der Waals surface area contributed by atoms with Crippen LogP contribution in [0.25, 0.3) is 0 Å². The number of aliphatic hydroxyl groups is 1. The standard InChI is InChI=1S/C12H15NO5/c1-16-9-4-7(13-6-8(14)12(13)15)5-10(17-2)11(9)18-3/h4-5,8,14H,6H2,1-3H3. The average molecular weight is 253 g/mol. The molecular weight excluding hydrogens is 238 g/mol. The minimum Gasteiger partial charge on any atom is -0.493 e. The lowest BCUT2D eigenvalue weighted by Gasteiger charge is -2.35. The summed E-state index contributed by atoms with van der Waals surface area (Å²) in [5.41, 5.74) is 0.611. The Kier molecular flexibility index (Phi) is 3.29. The van der Waals surface area contributed by atoms with E-state index >= 15 is 0 Å². The Labute approximate surface area is 105 Å². The SMILES string of the molecule is COc1cc(N2CC(O)C2=O)cc(OC)c1OC. The van der Waals surface area contributed by atoms with Crippen LogP contribution in [0.4, 0.5) is 5.69 Å². The molecule has 1 atom stereocenters. The van der Waals surface area contributed by atoms with Gasteiger partial charge in [-0.15, -0.1) is 0 Å². The summed E-state index contributed by atoms with van der Waals surface area (Å²) in [4.78, 5) is 12.9. The van der Waals surface area contributed by atoms with Gasteiger partial charge in [-0.2, -0.15) is 0 Å². The van der Waals surface area contributed by atoms with Crippen LogP contribution in [0.2, 0.25) is 0 Å². The van der Waals surface area contributed by atoms with Gasteiger partial charge in [0.25, 0.3) is 5.91 Å². The highest BCUT2D eigenvalue weighted by molar-refractivity contribution is 6.03. The zero-order valence-electron chi connectivity index (χ0n) is 10.5. The first-order valence-corrected chi connectivity index (χ1v) is 5.41. The third kappa shape index (κ3) is 1.84. The van der Waals surface area contributed by atoms with Crippen LogP contribution in [0.15, 0.2) is 12.1 Å². The number of rotatable bonds is 4. The van der Waals surface area contributed by atoms with Crippen molar-refractivity contribution in [2.24, 2.45) is 0 Å². The molecule has 1 aromatic carbocycles. The van der Waals surface area contributed by atoms with Crippen molar-refractivity contribution in [3.8, 4) is 17.2 Å². The summed E-state index contributed by atoms with van der Waals surface area (Å²) in [5.74, 6) is 1.09. The van der Waals surface area contributed by atoms with Crippen molar-refractivity contribution in [2.75, 3.05) is 32.8 Å². The molecule has 1 aliphatic heterocycles. The molecule has 0 saturated carbocycles. The monoisotopic (exact) mass is 253 g/mol. The molecule has 1 N–H and O–H groups in total. The van der Waals surface area contributed by atoms with Gasteiger partial charge in [0.05, 0.1) is 33.6 Å². The highest BCUT2D eigenvalue weighted by Crippen LogP contribution is 2.41. The Bertz CT molecular complexity index is 449. The summed E-state index contributed by atoms with van der Waals surface area (Å²) in [6.07, 6.45) is -0.913. The van der Waals surface area contributed by atoms with Crippen LogP contribution >= 0.6 is 0 Å². The van der Waals surface area contributed by atoms with Crippen molar-refractivity contribution in [1.82, 2.24) is 0 Å². The van der Waals surface area contributed by atoms with Crippen LogP contribution in [0, 0.1) is 0 Å². The number of anilines is 1. The molecule has 0 bridgehead atoms. The number of amides is 1. The normalized spacial score (nSPS) is 18.3. The maximum Gasteiger partial charge on any atom is 0.257 e. The van der Waals surface area contributed by atoms with Gasteiger partial charge >= 0.3 is 0 Å². The molecule has 18 heavy (non-hydrogen) atoms. The number of hydrogen-bond donors (Lipinski definition) is 1. The molecule has 1 amide bonds. The molecule has 2 rings (SSSR count). The lowest BCUT2D eigenvalue weighted by molar-refractivity contribution is -0.132. The Balaban J connectivity index is 2.41. The third-order valence-electron chi connectivity index (χ3n) is 2.87. The molecule has 1 aromatic rings.